The van der Waals surface area contributed by atoms with Gasteiger partial charge in [-0.25, -0.2) is 4.99 Å². The number of nitrogens with zero attached hydrogens (tertiary/aromatic N) is 2. The topological polar surface area (TPSA) is 129 Å². The number of unbranched alkanes of at least 4 members (excludes halogenated alkanes) is 1. The monoisotopic (exact) mass is 521 g/mol. The molecule has 2 aliphatic rings. The van der Waals surface area contributed by atoms with Crippen molar-refractivity contribution in [2.75, 3.05) is 20.2 Å². The number of carbonyl (C=O) groups is 2. The van der Waals surface area contributed by atoms with Gasteiger partial charge in [0.15, 0.2) is 11.5 Å². The number of rotatable bonds is 13. The predicted molar refractivity (Wildman–Crippen MR) is 146 cm³/mol. The van der Waals surface area contributed by atoms with Crippen LogP contribution in [-0.2, 0) is 19.9 Å². The number of hydrogen-bond acceptors (Lipinski definition) is 7. The summed E-state index contributed by atoms with van der Waals surface area (Å²) in [7, 11) is 1.38. The minimum absolute atomic E-state index is 0.0567. The molecule has 9 nitrogen and oxygen atoms in total. The Morgan fingerprint density at radius 3 is 2.45 bits per heavy atom. The summed E-state index contributed by atoms with van der Waals surface area (Å²) in [5.41, 5.74) is 6.22. The molecule has 4 rings (SSSR count). The van der Waals surface area contributed by atoms with Crippen LogP contribution in [0.4, 0.5) is 0 Å². The van der Waals surface area contributed by atoms with Gasteiger partial charge in [-0.1, -0.05) is 74.5 Å². The zero-order valence-electron chi connectivity index (χ0n) is 22.4. The van der Waals surface area contributed by atoms with E-state index in [-0.39, 0.29) is 29.6 Å². The zero-order valence-corrected chi connectivity index (χ0v) is 22.4. The molecule has 0 spiro atoms. The van der Waals surface area contributed by atoms with Gasteiger partial charge >= 0.3 is 0 Å². The second-order valence-electron chi connectivity index (χ2n) is 10.6. The molecule has 38 heavy (non-hydrogen) atoms. The summed E-state index contributed by atoms with van der Waals surface area (Å²) in [5.74, 6) is 0.161. The first-order valence-electron chi connectivity index (χ1n) is 13.3. The largest absolute Gasteiger partial charge is 0.369 e. The minimum Gasteiger partial charge on any atom is -0.369 e. The molecular weight excluding hydrogens is 482 g/mol. The normalized spacial score (nSPS) is 25.4. The van der Waals surface area contributed by atoms with Gasteiger partial charge in [0, 0.05) is 26.1 Å². The number of amides is 2. The van der Waals surface area contributed by atoms with Crippen molar-refractivity contribution in [1.29, 1.82) is 0 Å². The van der Waals surface area contributed by atoms with Crippen molar-refractivity contribution < 1.29 is 19.4 Å². The summed E-state index contributed by atoms with van der Waals surface area (Å²) in [6, 6.07) is 19.4. The van der Waals surface area contributed by atoms with Crippen molar-refractivity contribution in [2.24, 2.45) is 16.6 Å². The van der Waals surface area contributed by atoms with E-state index in [2.05, 4.69) is 24.5 Å². The number of aliphatic hydroxyl groups excluding tert-OH is 1. The second kappa shape index (κ2) is 11.6. The summed E-state index contributed by atoms with van der Waals surface area (Å²) < 4.78 is 4.96. The molecule has 4 atom stereocenters. The van der Waals surface area contributed by atoms with Crippen LogP contribution in [0.5, 0.6) is 0 Å². The number of methoxy groups -OCH3 is 1. The lowest BCUT2D eigenvalue weighted by molar-refractivity contribution is -0.135. The number of ether oxygens (including phenoxy) is 1. The smallest absolute Gasteiger partial charge is 0.261 e. The number of nitrogens with two attached hydrogens (primary N) is 1. The number of aliphatic hydroxyl groups is 1. The van der Waals surface area contributed by atoms with Gasteiger partial charge < -0.3 is 20.9 Å². The molecule has 0 radical (unpaired) electrons. The van der Waals surface area contributed by atoms with E-state index >= 15 is 0 Å². The molecule has 0 bridgehead atoms. The first kappa shape index (κ1) is 27.8. The van der Waals surface area contributed by atoms with E-state index in [0.29, 0.717) is 38.8 Å². The number of aliphatic imine (C=N–C) groups is 1. The van der Waals surface area contributed by atoms with Gasteiger partial charge in [0.25, 0.3) is 5.91 Å². The van der Waals surface area contributed by atoms with Crippen LogP contribution in [0.15, 0.2) is 65.7 Å². The number of hydrogen-bond donors (Lipinski definition) is 4. The Kier molecular flexibility index (Phi) is 8.50. The first-order chi connectivity index (χ1) is 18.2. The summed E-state index contributed by atoms with van der Waals surface area (Å²) in [5, 5.41) is 16.0. The van der Waals surface area contributed by atoms with Crippen LogP contribution < -0.4 is 16.4 Å². The molecule has 2 aromatic rings. The average molecular weight is 522 g/mol. The highest BCUT2D eigenvalue weighted by Crippen LogP contribution is 2.52. The maximum Gasteiger partial charge on any atom is 0.261 e. The van der Waals surface area contributed by atoms with Crippen LogP contribution in [0, 0.1) is 5.92 Å². The Bertz CT molecular complexity index is 1140. The lowest BCUT2D eigenvalue weighted by atomic mass is 9.82. The summed E-state index contributed by atoms with van der Waals surface area (Å²) in [4.78, 5) is 33.1. The van der Waals surface area contributed by atoms with Crippen LogP contribution in [0.3, 0.4) is 0 Å². The fraction of sp³-hybridized carbons (Fsp3) is 0.483. The quantitative estimate of drug-likeness (QED) is 0.237. The molecule has 1 aliphatic heterocycles. The average Bonchev–Trinajstić information content (AvgIpc) is 3.59. The Morgan fingerprint density at radius 2 is 1.82 bits per heavy atom. The molecule has 1 heterocycles. The standard InChI is InChI=1S/C29H39N5O4/c1-20(2)18-28(22-14-8-5-9-15-22)25(36)34(26(30)32-28)17-11-10-16-31-24(35)29(33-27(37)38-3)19-23(29)21-12-6-4-7-13-21/h4-9,12-15,20,23,27,33,37H,10-11,16-19H2,1-3H3,(H2,30,32)(H,31,35)/t23-,27?,28?,29-/m1/s1. The van der Waals surface area contributed by atoms with Crippen LogP contribution in [-0.4, -0.2) is 59.9 Å². The van der Waals surface area contributed by atoms with Crippen molar-refractivity contribution in [3.63, 3.8) is 0 Å². The van der Waals surface area contributed by atoms with E-state index in [9.17, 15) is 14.7 Å². The van der Waals surface area contributed by atoms with E-state index < -0.39 is 17.5 Å². The maximum atomic E-state index is 13.6. The van der Waals surface area contributed by atoms with Crippen molar-refractivity contribution in [1.82, 2.24) is 15.5 Å². The number of guanidine groups is 1. The van der Waals surface area contributed by atoms with Crippen molar-refractivity contribution >= 4 is 17.8 Å². The van der Waals surface area contributed by atoms with Crippen LogP contribution in [0.1, 0.15) is 56.6 Å². The molecule has 204 valence electrons. The van der Waals surface area contributed by atoms with Crippen molar-refractivity contribution in [2.45, 2.75) is 62.9 Å². The van der Waals surface area contributed by atoms with Gasteiger partial charge in [-0.3, -0.25) is 19.8 Å². The van der Waals surface area contributed by atoms with Gasteiger partial charge in [-0.2, -0.15) is 0 Å². The summed E-state index contributed by atoms with van der Waals surface area (Å²) in [6.45, 7) is 5.01. The van der Waals surface area contributed by atoms with Crippen LogP contribution >= 0.6 is 0 Å². The Morgan fingerprint density at radius 1 is 1.16 bits per heavy atom. The Balaban J connectivity index is 1.33. The molecule has 2 unspecified atom stereocenters. The summed E-state index contributed by atoms with van der Waals surface area (Å²) >= 11 is 0. The molecule has 1 saturated carbocycles. The fourth-order valence-electron chi connectivity index (χ4n) is 5.45. The van der Waals surface area contributed by atoms with Gasteiger partial charge in [0.1, 0.15) is 5.54 Å². The maximum absolute atomic E-state index is 13.6. The van der Waals surface area contributed by atoms with E-state index in [0.717, 1.165) is 11.1 Å². The highest BCUT2D eigenvalue weighted by atomic mass is 16.6. The number of benzene rings is 2. The number of carbonyl (C=O) groups excluding carboxylic acids is 2. The molecule has 1 fully saturated rings. The lowest BCUT2D eigenvalue weighted by Gasteiger charge is -2.28. The first-order valence-corrected chi connectivity index (χ1v) is 13.3. The van der Waals surface area contributed by atoms with Gasteiger partial charge in [0.2, 0.25) is 12.3 Å². The minimum atomic E-state index is -1.24. The van der Waals surface area contributed by atoms with Gasteiger partial charge in [0.05, 0.1) is 0 Å². The molecule has 2 amide bonds. The molecular formula is C29H39N5O4. The van der Waals surface area contributed by atoms with Crippen LogP contribution in [0.25, 0.3) is 0 Å². The second-order valence-corrected chi connectivity index (χ2v) is 10.6. The van der Waals surface area contributed by atoms with Crippen molar-refractivity contribution in [3.8, 4) is 0 Å². The van der Waals surface area contributed by atoms with Gasteiger partial charge in [-0.05, 0) is 42.7 Å². The Labute approximate surface area is 224 Å². The third-order valence-corrected chi connectivity index (χ3v) is 7.40. The molecule has 0 saturated heterocycles. The highest BCUT2D eigenvalue weighted by Gasteiger charge is 2.61. The fourth-order valence-corrected chi connectivity index (χ4v) is 5.45. The van der Waals surface area contributed by atoms with Crippen molar-refractivity contribution in [3.05, 3.63) is 71.8 Å². The van der Waals surface area contributed by atoms with Crippen LogP contribution in [0.2, 0.25) is 0 Å². The van der Waals surface area contributed by atoms with E-state index in [4.69, 9.17) is 15.5 Å². The highest BCUT2D eigenvalue weighted by molar-refractivity contribution is 6.07. The molecule has 9 heteroatoms. The third kappa shape index (κ3) is 5.60. The predicted octanol–water partition coefficient (Wildman–Crippen LogP) is 2.42. The molecule has 0 aromatic heterocycles. The summed E-state index contributed by atoms with van der Waals surface area (Å²) in [6.07, 6.45) is 1.21. The molecule has 5 N–H and O–H groups in total. The SMILES string of the molecule is COC(O)N[C@]1(C(=O)NCCCCN2C(=O)C(CC(C)C)(c3ccccc3)N=C2N)C[C@@H]1c1ccccc1. The molecule has 1 aliphatic carbocycles. The third-order valence-electron chi connectivity index (χ3n) is 7.40. The lowest BCUT2D eigenvalue weighted by Crippen LogP contribution is -2.52. The van der Waals surface area contributed by atoms with E-state index in [1.54, 1.807) is 4.90 Å². The van der Waals surface area contributed by atoms with Gasteiger partial charge in [-0.15, -0.1) is 0 Å². The zero-order chi connectivity index (χ0) is 27.3. The Hall–Kier alpha value is -3.27. The number of nitrogens with one attached hydrogen (secondary N) is 2. The van der Waals surface area contributed by atoms with E-state index in [1.807, 2.05) is 60.7 Å². The van der Waals surface area contributed by atoms with E-state index in [1.165, 1.54) is 7.11 Å². The molecule has 2 aromatic carbocycles.